The molecule has 3 atom stereocenters. The van der Waals surface area contributed by atoms with Crippen LogP contribution >= 0.6 is 7.37 Å². The molecule has 1 unspecified atom stereocenters. The predicted octanol–water partition coefficient (Wildman–Crippen LogP) is 3.49. The molecular weight excluding hydrogens is 419 g/mol. The highest BCUT2D eigenvalue weighted by Gasteiger charge is 2.39. The van der Waals surface area contributed by atoms with Gasteiger partial charge in [-0.05, 0) is 22.6 Å². The maximum atomic E-state index is 13.2. The molecule has 0 heterocycles. The molecule has 0 aliphatic heterocycles. The summed E-state index contributed by atoms with van der Waals surface area (Å²) < 4.78 is 18.4. The summed E-state index contributed by atoms with van der Waals surface area (Å²) in [5.41, 5.74) is 7.51. The molecule has 0 saturated heterocycles. The van der Waals surface area contributed by atoms with Gasteiger partial charge in [0.1, 0.15) is 12.4 Å². The normalized spacial score (nSPS) is 15.0. The van der Waals surface area contributed by atoms with Crippen LogP contribution in [0, 0.1) is 5.92 Å². The molecule has 0 aliphatic rings. The number of carbonyl (C=O) groups excluding carboxylic acids is 1. The van der Waals surface area contributed by atoms with Gasteiger partial charge in [-0.25, -0.2) is 4.79 Å². The second kappa shape index (κ2) is 11.1. The second-order valence-corrected chi connectivity index (χ2v) is 10.1. The fraction of sp³-hybridized carbons (Fsp3) is 0.364. The highest BCUT2D eigenvalue weighted by molar-refractivity contribution is 7.58. The first-order valence-electron chi connectivity index (χ1n) is 9.94. The van der Waals surface area contributed by atoms with Crippen molar-refractivity contribution in [2.45, 2.75) is 38.7 Å². The maximum Gasteiger partial charge on any atom is 0.408 e. The second-order valence-electron chi connectivity index (χ2n) is 7.67. The van der Waals surface area contributed by atoms with Crippen LogP contribution < -0.4 is 11.1 Å². The smallest absolute Gasteiger partial charge is 0.408 e. The molecule has 8 nitrogen and oxygen atoms in total. The van der Waals surface area contributed by atoms with E-state index in [0.717, 1.165) is 11.1 Å². The number of nitrogens with two attached hydrogens (primary N) is 1. The lowest BCUT2D eigenvalue weighted by Crippen LogP contribution is -2.40. The average molecular weight is 448 g/mol. The molecule has 0 aliphatic carbocycles. The third kappa shape index (κ3) is 7.21. The van der Waals surface area contributed by atoms with Crippen LogP contribution in [-0.4, -0.2) is 34.0 Å². The number of rotatable bonds is 10. The van der Waals surface area contributed by atoms with Gasteiger partial charge < -0.3 is 25.8 Å². The summed E-state index contributed by atoms with van der Waals surface area (Å²) in [5, 5.41) is 12.1. The number of carboxylic acids is 1. The number of ether oxygens (including phenoxy) is 1. The van der Waals surface area contributed by atoms with Crippen LogP contribution in [0.3, 0.4) is 0 Å². The monoisotopic (exact) mass is 448 g/mol. The highest BCUT2D eigenvalue weighted by Crippen LogP contribution is 2.51. The van der Waals surface area contributed by atoms with E-state index in [9.17, 15) is 24.2 Å². The first-order valence-corrected chi connectivity index (χ1v) is 11.9. The Labute approximate surface area is 181 Å². The molecular formula is C22H29N2O6P. The summed E-state index contributed by atoms with van der Waals surface area (Å²) >= 11 is 0. The number of benzene rings is 2. The Morgan fingerprint density at radius 3 is 2.32 bits per heavy atom. The molecule has 1 amide bonds. The SMILES string of the molecule is CC(C)[C@H](NC(=O)OCc1ccccc1)P(=O)(O)C[C@H](C(=O)O)c1cccc(CN)c1. The molecule has 2 aromatic carbocycles. The number of hydrogen-bond acceptors (Lipinski definition) is 5. The fourth-order valence-electron chi connectivity index (χ4n) is 3.26. The van der Waals surface area contributed by atoms with E-state index in [0.29, 0.717) is 5.56 Å². The number of carbonyl (C=O) groups is 2. The number of hydrogen-bond donors (Lipinski definition) is 4. The van der Waals surface area contributed by atoms with Crippen LogP contribution in [0.15, 0.2) is 54.6 Å². The van der Waals surface area contributed by atoms with Gasteiger partial charge in [-0.2, -0.15) is 0 Å². The Morgan fingerprint density at radius 1 is 1.10 bits per heavy atom. The van der Waals surface area contributed by atoms with Crippen molar-refractivity contribution in [3.05, 3.63) is 71.3 Å². The minimum atomic E-state index is -4.13. The molecule has 168 valence electrons. The van der Waals surface area contributed by atoms with E-state index in [2.05, 4.69) is 5.32 Å². The average Bonchev–Trinajstić information content (AvgIpc) is 2.74. The number of aliphatic carboxylic acids is 1. The summed E-state index contributed by atoms with van der Waals surface area (Å²) in [6, 6.07) is 15.6. The zero-order valence-electron chi connectivity index (χ0n) is 17.6. The van der Waals surface area contributed by atoms with E-state index >= 15 is 0 Å². The zero-order valence-corrected chi connectivity index (χ0v) is 18.5. The van der Waals surface area contributed by atoms with Crippen molar-refractivity contribution in [2.24, 2.45) is 11.7 Å². The van der Waals surface area contributed by atoms with Crippen LogP contribution in [0.5, 0.6) is 0 Å². The van der Waals surface area contributed by atoms with Crippen LogP contribution in [0.25, 0.3) is 0 Å². The van der Waals surface area contributed by atoms with E-state index < -0.39 is 43.2 Å². The minimum Gasteiger partial charge on any atom is -0.481 e. The van der Waals surface area contributed by atoms with E-state index in [-0.39, 0.29) is 13.2 Å². The Morgan fingerprint density at radius 2 is 1.74 bits per heavy atom. The van der Waals surface area contributed by atoms with Crippen LogP contribution in [0.1, 0.15) is 36.5 Å². The number of alkyl carbamates (subject to hydrolysis) is 1. The molecule has 0 aromatic heterocycles. The molecule has 2 rings (SSSR count). The summed E-state index contributed by atoms with van der Waals surface area (Å²) in [4.78, 5) is 34.9. The Kier molecular flexibility index (Phi) is 8.80. The van der Waals surface area contributed by atoms with E-state index in [1.54, 1.807) is 62.4 Å². The van der Waals surface area contributed by atoms with Crippen molar-refractivity contribution < 1.29 is 28.9 Å². The summed E-state index contributed by atoms with van der Waals surface area (Å²) in [6.45, 7) is 3.59. The third-order valence-corrected chi connectivity index (χ3v) is 7.36. The summed E-state index contributed by atoms with van der Waals surface area (Å²) in [6.07, 6.45) is -1.37. The Bertz CT molecular complexity index is 935. The van der Waals surface area contributed by atoms with Gasteiger partial charge in [-0.15, -0.1) is 0 Å². The lowest BCUT2D eigenvalue weighted by atomic mass is 9.99. The van der Waals surface area contributed by atoms with Crippen molar-refractivity contribution >= 4 is 19.4 Å². The third-order valence-electron chi connectivity index (χ3n) is 4.88. The van der Waals surface area contributed by atoms with E-state index in [1.165, 1.54) is 0 Å². The first kappa shape index (κ1) is 24.6. The summed E-state index contributed by atoms with van der Waals surface area (Å²) in [7, 11) is -4.13. The van der Waals surface area contributed by atoms with Gasteiger partial charge in [-0.1, -0.05) is 68.4 Å². The molecule has 5 N–H and O–H groups in total. The van der Waals surface area contributed by atoms with Gasteiger partial charge in [0.2, 0.25) is 7.37 Å². The van der Waals surface area contributed by atoms with Crippen molar-refractivity contribution in [1.82, 2.24) is 5.32 Å². The maximum absolute atomic E-state index is 13.2. The number of amides is 1. The molecule has 0 spiro atoms. The predicted molar refractivity (Wildman–Crippen MR) is 118 cm³/mol. The number of carboxylic acid groups (broad SMARTS) is 1. The van der Waals surface area contributed by atoms with Crippen molar-refractivity contribution in [3.8, 4) is 0 Å². The summed E-state index contributed by atoms with van der Waals surface area (Å²) in [5.74, 6) is -4.02. The van der Waals surface area contributed by atoms with Crippen molar-refractivity contribution in [2.75, 3.05) is 6.16 Å². The molecule has 0 radical (unpaired) electrons. The van der Waals surface area contributed by atoms with Crippen LogP contribution in [0.4, 0.5) is 4.79 Å². The van der Waals surface area contributed by atoms with E-state index in [1.807, 2.05) is 6.07 Å². The largest absolute Gasteiger partial charge is 0.481 e. The lowest BCUT2D eigenvalue weighted by molar-refractivity contribution is -0.138. The Hall–Kier alpha value is -2.67. The van der Waals surface area contributed by atoms with Gasteiger partial charge in [0.05, 0.1) is 5.92 Å². The standard InChI is InChI=1S/C22H29N2O6P/c1-15(2)20(24-22(27)30-13-16-7-4-3-5-8-16)31(28,29)14-19(21(25)26)18-10-6-9-17(11-18)12-23/h3-11,15,19-20H,12-14,23H2,1-2H3,(H,24,27)(H,25,26)(H,28,29)/t19-,20+/m0/s1. The highest BCUT2D eigenvalue weighted by atomic mass is 31.2. The fourth-order valence-corrected chi connectivity index (χ4v) is 5.61. The van der Waals surface area contributed by atoms with E-state index in [4.69, 9.17) is 10.5 Å². The van der Waals surface area contributed by atoms with Crippen LogP contribution in [0.2, 0.25) is 0 Å². The molecule has 0 saturated carbocycles. The van der Waals surface area contributed by atoms with Crippen molar-refractivity contribution in [1.29, 1.82) is 0 Å². The van der Waals surface area contributed by atoms with Crippen molar-refractivity contribution in [3.63, 3.8) is 0 Å². The number of nitrogens with one attached hydrogen (secondary N) is 1. The van der Waals surface area contributed by atoms with Crippen LogP contribution in [-0.2, 0) is 27.2 Å². The quantitative estimate of drug-likeness (QED) is 0.408. The molecule has 9 heteroatoms. The zero-order chi connectivity index (χ0) is 23.0. The topological polar surface area (TPSA) is 139 Å². The Balaban J connectivity index is 2.14. The van der Waals surface area contributed by atoms with Gasteiger partial charge in [0, 0.05) is 12.7 Å². The molecule has 2 aromatic rings. The molecule has 0 bridgehead atoms. The van der Waals surface area contributed by atoms with Gasteiger partial charge >= 0.3 is 12.1 Å². The first-order chi connectivity index (χ1) is 14.6. The molecule has 0 fully saturated rings. The van der Waals surface area contributed by atoms with Gasteiger partial charge in [0.25, 0.3) is 0 Å². The minimum absolute atomic E-state index is 0.0108. The van der Waals surface area contributed by atoms with Gasteiger partial charge in [0.15, 0.2) is 0 Å². The van der Waals surface area contributed by atoms with Gasteiger partial charge in [-0.3, -0.25) is 9.36 Å². The lowest BCUT2D eigenvalue weighted by Gasteiger charge is -2.29. The molecule has 31 heavy (non-hydrogen) atoms.